The van der Waals surface area contributed by atoms with Crippen LogP contribution in [-0.4, -0.2) is 48.5 Å². The molecule has 0 amide bonds. The molecule has 0 saturated carbocycles. The minimum Gasteiger partial charge on any atom is -0.466 e. The van der Waals surface area contributed by atoms with Crippen molar-refractivity contribution in [2.75, 3.05) is 14.2 Å². The van der Waals surface area contributed by atoms with Crippen LogP contribution in [0.2, 0.25) is 0 Å². The molecule has 0 saturated heterocycles. The fourth-order valence-corrected chi connectivity index (χ4v) is 1.90. The molecule has 1 aliphatic carbocycles. The summed E-state index contributed by atoms with van der Waals surface area (Å²) in [7, 11) is 2.45. The van der Waals surface area contributed by atoms with E-state index in [0.29, 0.717) is 0 Å². The summed E-state index contributed by atoms with van der Waals surface area (Å²) in [5, 5.41) is 20.6. The number of nitro groups is 1. The summed E-state index contributed by atoms with van der Waals surface area (Å²) < 4.78 is 9.56. The fourth-order valence-electron chi connectivity index (χ4n) is 1.90. The first-order valence-corrected chi connectivity index (χ1v) is 5.28. The maximum Gasteiger partial charge on any atom is 0.336 e. The van der Waals surface area contributed by atoms with Crippen molar-refractivity contribution in [1.82, 2.24) is 0 Å². The van der Waals surface area contributed by atoms with Crippen LogP contribution in [0.1, 0.15) is 6.92 Å². The SMILES string of the molecule is COC(=O)C1=CC=C(C(C)O)C([N+](=O)[O-])[C@H]1OC. The first-order valence-electron chi connectivity index (χ1n) is 5.28. The van der Waals surface area contributed by atoms with Gasteiger partial charge in [-0.2, -0.15) is 0 Å². The summed E-state index contributed by atoms with van der Waals surface area (Å²) in [6.07, 6.45) is 0.678. The summed E-state index contributed by atoms with van der Waals surface area (Å²) in [5.41, 5.74) is 0.255. The molecule has 0 aromatic carbocycles. The zero-order chi connectivity index (χ0) is 13.9. The highest BCUT2D eigenvalue weighted by atomic mass is 16.6. The normalized spacial score (nSPS) is 24.9. The molecule has 0 fully saturated rings. The zero-order valence-electron chi connectivity index (χ0n) is 10.3. The van der Waals surface area contributed by atoms with Gasteiger partial charge in [-0.05, 0) is 13.0 Å². The molecule has 1 rings (SSSR count). The molecule has 0 spiro atoms. The maximum absolute atomic E-state index is 11.5. The number of carbonyl (C=O) groups excluding carboxylic acids is 1. The molecule has 0 bridgehead atoms. The molecule has 0 aliphatic heterocycles. The van der Waals surface area contributed by atoms with Crippen molar-refractivity contribution in [3.8, 4) is 0 Å². The van der Waals surface area contributed by atoms with E-state index in [-0.39, 0.29) is 11.1 Å². The molecule has 1 aliphatic rings. The van der Waals surface area contributed by atoms with Crippen LogP contribution in [0.4, 0.5) is 0 Å². The van der Waals surface area contributed by atoms with E-state index in [0.717, 1.165) is 0 Å². The molecule has 1 N–H and O–H groups in total. The lowest BCUT2D eigenvalue weighted by molar-refractivity contribution is -0.523. The summed E-state index contributed by atoms with van der Waals surface area (Å²) >= 11 is 0. The predicted octanol–water partition coefficient (Wildman–Crippen LogP) is 0.0669. The quantitative estimate of drug-likeness (QED) is 0.434. The molecule has 3 atom stereocenters. The molecular weight excluding hydrogens is 242 g/mol. The monoisotopic (exact) mass is 257 g/mol. The number of rotatable bonds is 4. The van der Waals surface area contributed by atoms with Crippen molar-refractivity contribution in [1.29, 1.82) is 0 Å². The van der Waals surface area contributed by atoms with E-state index < -0.39 is 29.1 Å². The van der Waals surface area contributed by atoms with E-state index in [1.807, 2.05) is 0 Å². The van der Waals surface area contributed by atoms with E-state index in [1.165, 1.54) is 33.3 Å². The van der Waals surface area contributed by atoms with Crippen molar-refractivity contribution < 1.29 is 24.3 Å². The summed E-state index contributed by atoms with van der Waals surface area (Å²) in [5.74, 6) is -0.686. The maximum atomic E-state index is 11.5. The van der Waals surface area contributed by atoms with Gasteiger partial charge in [0.2, 0.25) is 0 Å². The van der Waals surface area contributed by atoms with E-state index in [4.69, 9.17) is 4.74 Å². The van der Waals surface area contributed by atoms with Gasteiger partial charge in [0.15, 0.2) is 6.10 Å². The standard InChI is InChI=1S/C11H15NO6/c1-6(13)7-4-5-8(11(14)18-3)10(17-2)9(7)12(15)16/h4-6,9-10,13H,1-3H3/t6?,9?,10-/m0/s1. The fraction of sp³-hybridized carbons (Fsp3) is 0.545. The van der Waals surface area contributed by atoms with Gasteiger partial charge in [-0.15, -0.1) is 0 Å². The lowest BCUT2D eigenvalue weighted by atomic mass is 9.88. The highest BCUT2D eigenvalue weighted by Crippen LogP contribution is 2.27. The van der Waals surface area contributed by atoms with Crippen LogP contribution in [-0.2, 0) is 14.3 Å². The van der Waals surface area contributed by atoms with Gasteiger partial charge in [-0.25, -0.2) is 4.79 Å². The second-order valence-corrected chi connectivity index (χ2v) is 3.84. The van der Waals surface area contributed by atoms with Gasteiger partial charge in [0.1, 0.15) is 0 Å². The average Bonchev–Trinajstić information content (AvgIpc) is 2.35. The van der Waals surface area contributed by atoms with Gasteiger partial charge in [0.25, 0.3) is 6.04 Å². The summed E-state index contributed by atoms with van der Waals surface area (Å²) in [6, 6.07) is -1.30. The van der Waals surface area contributed by atoms with Gasteiger partial charge in [-0.1, -0.05) is 6.08 Å². The smallest absolute Gasteiger partial charge is 0.336 e. The van der Waals surface area contributed by atoms with Gasteiger partial charge in [0.05, 0.1) is 18.8 Å². The molecule has 0 aromatic heterocycles. The number of hydrogen-bond acceptors (Lipinski definition) is 6. The van der Waals surface area contributed by atoms with Crippen LogP contribution < -0.4 is 0 Å². The minimum absolute atomic E-state index is 0.0612. The zero-order valence-corrected chi connectivity index (χ0v) is 10.3. The number of aliphatic hydroxyl groups excluding tert-OH is 1. The van der Waals surface area contributed by atoms with Gasteiger partial charge in [0, 0.05) is 17.6 Å². The first-order chi connectivity index (χ1) is 8.43. The second-order valence-electron chi connectivity index (χ2n) is 3.84. The molecule has 18 heavy (non-hydrogen) atoms. The van der Waals surface area contributed by atoms with Crippen LogP contribution >= 0.6 is 0 Å². The molecule has 7 heteroatoms. The number of aliphatic hydroxyl groups is 1. The van der Waals surface area contributed by atoms with E-state index in [2.05, 4.69) is 4.74 Å². The van der Waals surface area contributed by atoms with E-state index in [9.17, 15) is 20.0 Å². The first kappa shape index (κ1) is 14.3. The molecule has 0 heterocycles. The lowest BCUT2D eigenvalue weighted by Gasteiger charge is -2.26. The predicted molar refractivity (Wildman–Crippen MR) is 61.4 cm³/mol. The highest BCUT2D eigenvalue weighted by molar-refractivity contribution is 5.90. The third-order valence-electron chi connectivity index (χ3n) is 2.77. The van der Waals surface area contributed by atoms with E-state index in [1.54, 1.807) is 0 Å². The number of carbonyl (C=O) groups is 1. The number of methoxy groups -OCH3 is 2. The Balaban J connectivity index is 3.24. The third kappa shape index (κ3) is 2.57. The average molecular weight is 257 g/mol. The minimum atomic E-state index is -1.30. The topological polar surface area (TPSA) is 98.9 Å². The Morgan fingerprint density at radius 3 is 2.50 bits per heavy atom. The number of hydrogen-bond donors (Lipinski definition) is 1. The Hall–Kier alpha value is -1.73. The number of esters is 1. The molecule has 0 aromatic rings. The third-order valence-corrected chi connectivity index (χ3v) is 2.77. The van der Waals surface area contributed by atoms with Crippen molar-refractivity contribution in [3.63, 3.8) is 0 Å². The Morgan fingerprint density at radius 2 is 2.11 bits per heavy atom. The molecule has 7 nitrogen and oxygen atoms in total. The van der Waals surface area contributed by atoms with E-state index >= 15 is 0 Å². The lowest BCUT2D eigenvalue weighted by Crippen LogP contribution is -2.44. The number of nitrogens with zero attached hydrogens (tertiary/aromatic N) is 1. The molecular formula is C11H15NO6. The number of ether oxygens (including phenoxy) is 2. The van der Waals surface area contributed by atoms with Crippen LogP contribution in [0.25, 0.3) is 0 Å². The van der Waals surface area contributed by atoms with Crippen molar-refractivity contribution >= 4 is 5.97 Å². The number of allylic oxidation sites excluding steroid dienone is 2. The van der Waals surface area contributed by atoms with Crippen LogP contribution in [0.3, 0.4) is 0 Å². The summed E-state index contributed by atoms with van der Waals surface area (Å²) in [4.78, 5) is 22.0. The summed E-state index contributed by atoms with van der Waals surface area (Å²) in [6.45, 7) is 1.42. The molecule has 0 radical (unpaired) electrons. The Morgan fingerprint density at radius 1 is 1.50 bits per heavy atom. The van der Waals surface area contributed by atoms with Crippen LogP contribution in [0, 0.1) is 10.1 Å². The molecule has 2 unspecified atom stereocenters. The van der Waals surface area contributed by atoms with Gasteiger partial charge in [-0.3, -0.25) is 10.1 Å². The highest BCUT2D eigenvalue weighted by Gasteiger charge is 2.43. The van der Waals surface area contributed by atoms with Gasteiger partial charge < -0.3 is 14.6 Å². The van der Waals surface area contributed by atoms with Crippen molar-refractivity contribution in [2.24, 2.45) is 0 Å². The Bertz CT molecular complexity index is 412. The van der Waals surface area contributed by atoms with Crippen LogP contribution in [0.5, 0.6) is 0 Å². The van der Waals surface area contributed by atoms with Crippen molar-refractivity contribution in [3.05, 3.63) is 33.4 Å². The van der Waals surface area contributed by atoms with Crippen LogP contribution in [0.15, 0.2) is 23.3 Å². The molecule has 100 valence electrons. The Labute approximate surface area is 104 Å². The van der Waals surface area contributed by atoms with Gasteiger partial charge >= 0.3 is 5.97 Å². The largest absolute Gasteiger partial charge is 0.466 e. The van der Waals surface area contributed by atoms with Crippen molar-refractivity contribution in [2.45, 2.75) is 25.2 Å². The second kappa shape index (κ2) is 5.74. The Kier molecular flexibility index (Phi) is 4.57.